The molecular formula is C11H17O2P. The Balaban J connectivity index is 3.23. The van der Waals surface area contributed by atoms with Crippen LogP contribution in [0.5, 0.6) is 0 Å². The van der Waals surface area contributed by atoms with Crippen LogP contribution in [0.25, 0.3) is 0 Å². The lowest BCUT2D eigenvalue weighted by Gasteiger charge is -2.17. The first kappa shape index (κ1) is 11.5. The smallest absolute Gasteiger partial charge is 0.115 e. The van der Waals surface area contributed by atoms with E-state index in [0.29, 0.717) is 12.3 Å². The quantitative estimate of drug-likeness (QED) is 0.777. The summed E-state index contributed by atoms with van der Waals surface area (Å²) in [6.07, 6.45) is 1.33. The summed E-state index contributed by atoms with van der Waals surface area (Å²) in [6, 6.07) is 7.46. The van der Waals surface area contributed by atoms with Gasteiger partial charge in [-0.05, 0) is 5.56 Å². The fourth-order valence-electron chi connectivity index (χ4n) is 1.61. The highest BCUT2D eigenvalue weighted by Gasteiger charge is 2.22. The summed E-state index contributed by atoms with van der Waals surface area (Å²) in [5.74, 6) is 0. The summed E-state index contributed by atoms with van der Waals surface area (Å²) in [4.78, 5) is 0. The zero-order valence-electron chi connectivity index (χ0n) is 8.73. The van der Waals surface area contributed by atoms with Gasteiger partial charge in [0.15, 0.2) is 0 Å². The summed E-state index contributed by atoms with van der Waals surface area (Å²) in [5, 5.41) is 10.0. The lowest BCUT2D eigenvalue weighted by Crippen LogP contribution is -2.14. The molecule has 0 saturated carbocycles. The summed E-state index contributed by atoms with van der Waals surface area (Å²) < 4.78 is 12.4. The molecule has 14 heavy (non-hydrogen) atoms. The van der Waals surface area contributed by atoms with Crippen LogP contribution >= 0.6 is 7.14 Å². The van der Waals surface area contributed by atoms with Gasteiger partial charge in [-0.25, -0.2) is 0 Å². The van der Waals surface area contributed by atoms with Crippen LogP contribution < -0.4 is 5.30 Å². The number of rotatable bonds is 4. The van der Waals surface area contributed by atoms with E-state index in [2.05, 4.69) is 0 Å². The van der Waals surface area contributed by atoms with Crippen molar-refractivity contribution >= 4 is 12.4 Å². The molecule has 0 saturated heterocycles. The molecule has 2 nitrogen and oxygen atoms in total. The van der Waals surface area contributed by atoms with Gasteiger partial charge in [-0.1, -0.05) is 38.1 Å². The van der Waals surface area contributed by atoms with Gasteiger partial charge >= 0.3 is 0 Å². The van der Waals surface area contributed by atoms with Crippen molar-refractivity contribution in [3.8, 4) is 0 Å². The normalized spacial score (nSPS) is 11.6. The maximum atomic E-state index is 12.4. The minimum Gasteiger partial charge on any atom is -0.392 e. The predicted molar refractivity (Wildman–Crippen MR) is 60.7 cm³/mol. The Morgan fingerprint density at radius 2 is 1.79 bits per heavy atom. The van der Waals surface area contributed by atoms with Crippen LogP contribution in [-0.2, 0) is 11.2 Å². The van der Waals surface area contributed by atoms with E-state index in [9.17, 15) is 4.57 Å². The van der Waals surface area contributed by atoms with Crippen molar-refractivity contribution in [1.29, 1.82) is 0 Å². The second kappa shape index (κ2) is 4.77. The molecule has 0 aliphatic carbocycles. The van der Waals surface area contributed by atoms with Crippen molar-refractivity contribution in [2.75, 3.05) is 12.3 Å². The third kappa shape index (κ3) is 2.08. The van der Waals surface area contributed by atoms with E-state index < -0.39 is 7.14 Å². The van der Waals surface area contributed by atoms with Gasteiger partial charge in [0.1, 0.15) is 7.14 Å². The van der Waals surface area contributed by atoms with Crippen LogP contribution in [-0.4, -0.2) is 17.4 Å². The molecule has 0 aliphatic rings. The lowest BCUT2D eigenvalue weighted by atomic mass is 10.2. The Morgan fingerprint density at radius 1 is 1.21 bits per heavy atom. The zero-order valence-corrected chi connectivity index (χ0v) is 9.63. The standard InChI is InChI=1S/C11H17O2P/c1-3-14(13,4-2)11-8-6-5-7-10(11)9-12/h5-8,12H,3-4,9H2,1-2H3. The third-order valence-corrected chi connectivity index (χ3v) is 5.98. The SMILES string of the molecule is CCP(=O)(CC)c1ccccc1CO. The minimum absolute atomic E-state index is 0.0276. The maximum Gasteiger partial charge on any atom is 0.115 e. The van der Waals surface area contributed by atoms with Crippen molar-refractivity contribution in [3.05, 3.63) is 29.8 Å². The lowest BCUT2D eigenvalue weighted by molar-refractivity contribution is 0.283. The van der Waals surface area contributed by atoms with Gasteiger partial charge in [0.25, 0.3) is 0 Å². The van der Waals surface area contributed by atoms with Gasteiger partial charge in [0, 0.05) is 17.6 Å². The number of hydrogen-bond acceptors (Lipinski definition) is 2. The fourth-order valence-corrected chi connectivity index (χ4v) is 3.76. The molecule has 0 radical (unpaired) electrons. The largest absolute Gasteiger partial charge is 0.392 e. The Kier molecular flexibility index (Phi) is 3.91. The van der Waals surface area contributed by atoms with Crippen LogP contribution in [0.1, 0.15) is 19.4 Å². The molecule has 1 aromatic carbocycles. The fraction of sp³-hybridized carbons (Fsp3) is 0.455. The van der Waals surface area contributed by atoms with Crippen LogP contribution in [0.2, 0.25) is 0 Å². The molecule has 1 N–H and O–H groups in total. The van der Waals surface area contributed by atoms with E-state index in [0.717, 1.165) is 10.9 Å². The highest BCUT2D eigenvalue weighted by atomic mass is 31.2. The Labute approximate surface area is 85.3 Å². The molecule has 0 unspecified atom stereocenters. The maximum absolute atomic E-state index is 12.4. The first-order chi connectivity index (χ1) is 6.68. The summed E-state index contributed by atoms with van der Waals surface area (Å²) in [6.45, 7) is 3.86. The van der Waals surface area contributed by atoms with E-state index in [1.54, 1.807) is 0 Å². The topological polar surface area (TPSA) is 37.3 Å². The van der Waals surface area contributed by atoms with E-state index in [4.69, 9.17) is 5.11 Å². The van der Waals surface area contributed by atoms with Gasteiger partial charge < -0.3 is 9.67 Å². The summed E-state index contributed by atoms with van der Waals surface area (Å²) in [5.41, 5.74) is 0.805. The number of hydrogen-bond donors (Lipinski definition) is 1. The van der Waals surface area contributed by atoms with Gasteiger partial charge in [0.2, 0.25) is 0 Å². The van der Waals surface area contributed by atoms with Gasteiger partial charge in [-0.3, -0.25) is 0 Å². The molecule has 0 atom stereocenters. The molecule has 3 heteroatoms. The average Bonchev–Trinajstić information content (AvgIpc) is 2.28. The Hall–Kier alpha value is -0.590. The van der Waals surface area contributed by atoms with E-state index in [1.165, 1.54) is 0 Å². The van der Waals surface area contributed by atoms with Crippen molar-refractivity contribution in [2.45, 2.75) is 20.5 Å². The molecule has 0 fully saturated rings. The number of aliphatic hydroxyl groups excluding tert-OH is 1. The second-order valence-electron chi connectivity index (χ2n) is 3.31. The van der Waals surface area contributed by atoms with Crippen LogP contribution in [0, 0.1) is 0 Å². The van der Waals surface area contributed by atoms with Crippen LogP contribution in [0.3, 0.4) is 0 Å². The monoisotopic (exact) mass is 212 g/mol. The Bertz CT molecular complexity index is 339. The van der Waals surface area contributed by atoms with E-state index >= 15 is 0 Å². The van der Waals surface area contributed by atoms with Crippen molar-refractivity contribution < 1.29 is 9.67 Å². The first-order valence-corrected chi connectivity index (χ1v) is 7.03. The van der Waals surface area contributed by atoms with Crippen LogP contribution in [0.15, 0.2) is 24.3 Å². The average molecular weight is 212 g/mol. The molecule has 78 valence electrons. The molecule has 0 aromatic heterocycles. The summed E-state index contributed by atoms with van der Waals surface area (Å²) in [7, 11) is -2.25. The zero-order chi connectivity index (χ0) is 10.6. The highest BCUT2D eigenvalue weighted by molar-refractivity contribution is 7.71. The van der Waals surface area contributed by atoms with Crippen molar-refractivity contribution in [2.24, 2.45) is 0 Å². The van der Waals surface area contributed by atoms with E-state index in [1.807, 2.05) is 38.1 Å². The highest BCUT2D eigenvalue weighted by Crippen LogP contribution is 2.44. The van der Waals surface area contributed by atoms with Gasteiger partial charge in [-0.15, -0.1) is 0 Å². The molecule has 0 heterocycles. The Morgan fingerprint density at radius 3 is 2.29 bits per heavy atom. The minimum atomic E-state index is -2.25. The molecule has 1 rings (SSSR count). The molecular weight excluding hydrogens is 195 g/mol. The molecule has 0 spiro atoms. The molecule has 0 aliphatic heterocycles. The second-order valence-corrected chi connectivity index (χ2v) is 6.83. The van der Waals surface area contributed by atoms with Crippen molar-refractivity contribution in [1.82, 2.24) is 0 Å². The van der Waals surface area contributed by atoms with Crippen molar-refractivity contribution in [3.63, 3.8) is 0 Å². The number of aliphatic hydroxyl groups is 1. The molecule has 0 bridgehead atoms. The summed E-state index contributed by atoms with van der Waals surface area (Å²) >= 11 is 0. The molecule has 1 aromatic rings. The van der Waals surface area contributed by atoms with Gasteiger partial charge in [-0.2, -0.15) is 0 Å². The van der Waals surface area contributed by atoms with E-state index in [-0.39, 0.29) is 6.61 Å². The third-order valence-electron chi connectivity index (χ3n) is 2.62. The number of benzene rings is 1. The first-order valence-electron chi connectivity index (χ1n) is 4.95. The van der Waals surface area contributed by atoms with Gasteiger partial charge in [0.05, 0.1) is 6.61 Å². The van der Waals surface area contributed by atoms with Crippen LogP contribution in [0.4, 0.5) is 0 Å². The predicted octanol–water partition coefficient (Wildman–Crippen LogP) is 2.21. The molecule has 0 amide bonds.